The lowest BCUT2D eigenvalue weighted by Crippen LogP contribution is -2.54. The molecule has 0 aromatic rings. The van der Waals surface area contributed by atoms with Gasteiger partial charge in [-0.1, -0.05) is 19.3 Å². The number of hydrogen-bond donors (Lipinski definition) is 1. The first-order valence-electron chi connectivity index (χ1n) is 11.5. The van der Waals surface area contributed by atoms with Gasteiger partial charge in [-0.05, 0) is 39.5 Å². The Morgan fingerprint density at radius 3 is 2.52 bits per heavy atom. The number of carbonyl (C=O) groups excluding carboxylic acids is 3. The van der Waals surface area contributed by atoms with Crippen molar-refractivity contribution >= 4 is 41.4 Å². The molecule has 2 rings (SSSR count). The summed E-state index contributed by atoms with van der Waals surface area (Å²) in [6.07, 6.45) is 8.09. The minimum absolute atomic E-state index is 0.181. The molecule has 1 saturated carbocycles. The summed E-state index contributed by atoms with van der Waals surface area (Å²) in [6.45, 7) is 4.35. The van der Waals surface area contributed by atoms with Crippen molar-refractivity contribution in [2.24, 2.45) is 0 Å². The fourth-order valence-corrected chi connectivity index (χ4v) is 6.66. The van der Waals surface area contributed by atoms with Crippen molar-refractivity contribution in [1.82, 2.24) is 10.2 Å². The minimum atomic E-state index is -0.586. The van der Waals surface area contributed by atoms with Gasteiger partial charge in [0.05, 0.1) is 19.8 Å². The molecule has 178 valence electrons. The van der Waals surface area contributed by atoms with Gasteiger partial charge in [-0.25, -0.2) is 4.79 Å². The molecule has 0 bridgehead atoms. The molecule has 0 aromatic heterocycles. The summed E-state index contributed by atoms with van der Waals surface area (Å²) in [5.74, 6) is 1.71. The average molecular weight is 475 g/mol. The summed E-state index contributed by atoms with van der Waals surface area (Å²) < 4.78 is 10.1. The van der Waals surface area contributed by atoms with Crippen molar-refractivity contribution in [3.63, 3.8) is 0 Å². The summed E-state index contributed by atoms with van der Waals surface area (Å²) in [4.78, 5) is 38.9. The first kappa shape index (κ1) is 26.3. The largest absolute Gasteiger partial charge is 0.467 e. The van der Waals surface area contributed by atoms with Crippen LogP contribution < -0.4 is 5.32 Å². The SMILES string of the molecule is CCOC(=O)[C@H](CSCCSC1CCCCC1)NC(C)C(=O)N1CCC[C@H]1C(=O)OC. The number of methoxy groups -OCH3 is 1. The number of nitrogens with one attached hydrogen (secondary N) is 1. The van der Waals surface area contributed by atoms with Gasteiger partial charge in [-0.2, -0.15) is 23.5 Å². The molecule has 1 amide bonds. The zero-order chi connectivity index (χ0) is 22.6. The maximum Gasteiger partial charge on any atom is 0.328 e. The van der Waals surface area contributed by atoms with E-state index in [4.69, 9.17) is 9.47 Å². The average Bonchev–Trinajstić information content (AvgIpc) is 3.27. The van der Waals surface area contributed by atoms with Gasteiger partial charge < -0.3 is 14.4 Å². The van der Waals surface area contributed by atoms with Crippen LogP contribution in [0.4, 0.5) is 0 Å². The van der Waals surface area contributed by atoms with E-state index >= 15 is 0 Å². The Kier molecular flexibility index (Phi) is 12.1. The lowest BCUT2D eigenvalue weighted by molar-refractivity contribution is -0.152. The highest BCUT2D eigenvalue weighted by molar-refractivity contribution is 8.03. The van der Waals surface area contributed by atoms with E-state index in [1.807, 2.05) is 11.8 Å². The Bertz CT molecular complexity index is 586. The van der Waals surface area contributed by atoms with Crippen molar-refractivity contribution in [2.75, 3.05) is 37.5 Å². The van der Waals surface area contributed by atoms with E-state index in [2.05, 4.69) is 5.32 Å². The summed E-state index contributed by atoms with van der Waals surface area (Å²) in [5.41, 5.74) is 0. The number of carbonyl (C=O) groups is 3. The van der Waals surface area contributed by atoms with Crippen LogP contribution >= 0.6 is 23.5 Å². The molecule has 0 spiro atoms. The second-order valence-corrected chi connectivity index (χ2v) is 10.7. The first-order valence-corrected chi connectivity index (χ1v) is 13.7. The third-order valence-electron chi connectivity index (χ3n) is 5.82. The highest BCUT2D eigenvalue weighted by Crippen LogP contribution is 2.28. The zero-order valence-electron chi connectivity index (χ0n) is 19.1. The molecular weight excluding hydrogens is 436 g/mol. The molecule has 1 N–H and O–H groups in total. The van der Waals surface area contributed by atoms with Crippen molar-refractivity contribution in [2.45, 2.75) is 82.2 Å². The standard InChI is InChI=1S/C22H38N2O5S2/c1-4-29-21(26)18(15-30-13-14-31-17-9-6-5-7-10-17)23-16(2)20(25)24-12-8-11-19(24)22(27)28-3/h16-19,23H,4-15H2,1-3H3/t16?,18-,19-/m0/s1. The Hall–Kier alpha value is -0.930. The minimum Gasteiger partial charge on any atom is -0.467 e. The molecule has 7 nitrogen and oxygen atoms in total. The topological polar surface area (TPSA) is 84.9 Å². The number of rotatable bonds is 12. The number of hydrogen-bond acceptors (Lipinski definition) is 8. The molecule has 1 heterocycles. The molecule has 1 aliphatic heterocycles. The van der Waals surface area contributed by atoms with Crippen LogP contribution in [0.25, 0.3) is 0 Å². The highest BCUT2D eigenvalue weighted by atomic mass is 32.2. The van der Waals surface area contributed by atoms with E-state index in [1.54, 1.807) is 30.5 Å². The number of esters is 2. The monoisotopic (exact) mass is 474 g/mol. The van der Waals surface area contributed by atoms with Crippen LogP contribution in [0.2, 0.25) is 0 Å². The van der Waals surface area contributed by atoms with Crippen molar-refractivity contribution < 1.29 is 23.9 Å². The van der Waals surface area contributed by atoms with Gasteiger partial charge in [-0.3, -0.25) is 14.9 Å². The van der Waals surface area contributed by atoms with E-state index in [1.165, 1.54) is 39.2 Å². The summed E-state index contributed by atoms with van der Waals surface area (Å²) >= 11 is 3.76. The second-order valence-electron chi connectivity index (χ2n) is 8.11. The molecule has 2 fully saturated rings. The van der Waals surface area contributed by atoms with Gasteiger partial charge in [0.15, 0.2) is 0 Å². The predicted molar refractivity (Wildman–Crippen MR) is 126 cm³/mol. The van der Waals surface area contributed by atoms with Crippen LogP contribution in [-0.2, 0) is 23.9 Å². The molecule has 0 aromatic carbocycles. The fourth-order valence-electron chi connectivity index (χ4n) is 4.17. The van der Waals surface area contributed by atoms with Gasteiger partial charge in [-0.15, -0.1) is 0 Å². The number of nitrogens with zero attached hydrogens (tertiary/aromatic N) is 1. The molecule has 2 aliphatic rings. The summed E-state index contributed by atoms with van der Waals surface area (Å²) in [7, 11) is 1.34. The van der Waals surface area contributed by atoms with E-state index < -0.39 is 18.1 Å². The molecule has 31 heavy (non-hydrogen) atoms. The second kappa shape index (κ2) is 14.3. The summed E-state index contributed by atoms with van der Waals surface area (Å²) in [5, 5.41) is 3.94. The predicted octanol–water partition coefficient (Wildman–Crippen LogP) is 2.86. The van der Waals surface area contributed by atoms with Crippen LogP contribution in [0.3, 0.4) is 0 Å². The number of likely N-dealkylation sites (tertiary alicyclic amines) is 1. The molecule has 1 unspecified atom stereocenters. The van der Waals surface area contributed by atoms with Crippen LogP contribution in [0.15, 0.2) is 0 Å². The van der Waals surface area contributed by atoms with Crippen molar-refractivity contribution in [3.05, 3.63) is 0 Å². The Labute approximate surface area is 195 Å². The van der Waals surface area contributed by atoms with Gasteiger partial charge >= 0.3 is 11.9 Å². The molecular formula is C22H38N2O5S2. The first-order chi connectivity index (χ1) is 15.0. The van der Waals surface area contributed by atoms with E-state index in [9.17, 15) is 14.4 Å². The molecule has 3 atom stereocenters. The lowest BCUT2D eigenvalue weighted by Gasteiger charge is -2.28. The zero-order valence-corrected chi connectivity index (χ0v) is 20.7. The number of amides is 1. The maximum absolute atomic E-state index is 12.9. The Morgan fingerprint density at radius 2 is 1.84 bits per heavy atom. The fraction of sp³-hybridized carbons (Fsp3) is 0.864. The molecule has 1 aliphatic carbocycles. The Balaban J connectivity index is 1.82. The quantitative estimate of drug-likeness (QED) is 0.341. The maximum atomic E-state index is 12.9. The van der Waals surface area contributed by atoms with E-state index in [0.29, 0.717) is 25.3 Å². The normalized spacial score (nSPS) is 21.5. The van der Waals surface area contributed by atoms with Crippen LogP contribution in [0, 0.1) is 0 Å². The van der Waals surface area contributed by atoms with E-state index in [-0.39, 0.29) is 17.8 Å². The molecule has 1 saturated heterocycles. The highest BCUT2D eigenvalue weighted by Gasteiger charge is 2.37. The van der Waals surface area contributed by atoms with Gasteiger partial charge in [0, 0.05) is 29.1 Å². The van der Waals surface area contributed by atoms with Crippen molar-refractivity contribution in [3.8, 4) is 0 Å². The van der Waals surface area contributed by atoms with Gasteiger partial charge in [0.1, 0.15) is 12.1 Å². The smallest absolute Gasteiger partial charge is 0.328 e. The number of thioether (sulfide) groups is 2. The Morgan fingerprint density at radius 1 is 1.10 bits per heavy atom. The molecule has 9 heteroatoms. The van der Waals surface area contributed by atoms with Crippen molar-refractivity contribution in [1.29, 1.82) is 0 Å². The third kappa shape index (κ3) is 8.50. The van der Waals surface area contributed by atoms with Gasteiger partial charge in [0.25, 0.3) is 0 Å². The van der Waals surface area contributed by atoms with E-state index in [0.717, 1.165) is 23.2 Å². The van der Waals surface area contributed by atoms with Gasteiger partial charge in [0.2, 0.25) is 5.91 Å². The number of ether oxygens (including phenoxy) is 2. The van der Waals surface area contributed by atoms with Crippen LogP contribution in [0.1, 0.15) is 58.8 Å². The third-order valence-corrected chi connectivity index (χ3v) is 8.52. The molecule has 0 radical (unpaired) electrons. The van der Waals surface area contributed by atoms with Crippen LogP contribution in [-0.4, -0.2) is 83.6 Å². The van der Waals surface area contributed by atoms with Crippen LogP contribution in [0.5, 0.6) is 0 Å². The summed E-state index contributed by atoms with van der Waals surface area (Å²) in [6, 6.07) is -1.67. The lowest BCUT2D eigenvalue weighted by atomic mass is 10.0.